The number of benzene rings is 3. The Balaban J connectivity index is 1.09. The minimum atomic E-state index is -4.00. The van der Waals surface area contributed by atoms with Gasteiger partial charge < -0.3 is 79.6 Å². The molecular formula is C42H55N3O17S. The number of rotatable bonds is 12. The van der Waals surface area contributed by atoms with Gasteiger partial charge in [0.05, 0.1) is 18.1 Å². The molecule has 0 radical (unpaired) electrons. The van der Waals surface area contributed by atoms with Crippen LogP contribution in [0.5, 0.6) is 0 Å². The molecule has 0 saturated carbocycles. The zero-order valence-corrected chi connectivity index (χ0v) is 35.3. The lowest BCUT2D eigenvalue weighted by molar-refractivity contribution is -0.388. The fourth-order valence-corrected chi connectivity index (χ4v) is 10.0. The van der Waals surface area contributed by atoms with Gasteiger partial charge in [0.15, 0.2) is 12.6 Å². The molecule has 0 aliphatic carbocycles. The van der Waals surface area contributed by atoms with Crippen molar-refractivity contribution < 1.29 is 83.2 Å². The van der Waals surface area contributed by atoms with Crippen LogP contribution in [-0.2, 0) is 33.7 Å². The van der Waals surface area contributed by atoms with Crippen LogP contribution in [0.1, 0.15) is 5.56 Å². The minimum absolute atomic E-state index is 0.0249. The second kappa shape index (κ2) is 19.6. The summed E-state index contributed by atoms with van der Waals surface area (Å²) in [6.07, 6.45) is -23.0. The second-order valence-corrected chi connectivity index (χ2v) is 18.1. The van der Waals surface area contributed by atoms with E-state index in [0.717, 1.165) is 11.1 Å². The standard InChI is InChI=1S/C42H55N3O17S/c1-43(2)26-12-6-11-25-24(26)10-7-13-30(25)63(56,57)45-18-16-44(17-19-45)27(15-14-23-8-4-3-5-9-23)38-35(52)34(51)36(53)40(60-38)58-21-29-31(48)33(50)37(54)41(59-29)62-42(22-47)39(55)32(49)28(20-46)61-42/h3-13,27-29,31-41,46-55H,16-22H2,1-2H3/t27?,28-,29-,31-,32-,33+,34+,35-,36-,37-,38-,39+,40+,41-,42+/m1/s1. The number of piperazine rings is 1. The highest BCUT2D eigenvalue weighted by atomic mass is 32.2. The molecule has 20 nitrogen and oxygen atoms in total. The monoisotopic (exact) mass is 905 g/mol. The number of hydrogen-bond donors (Lipinski definition) is 10. The van der Waals surface area contributed by atoms with E-state index in [-0.39, 0.29) is 31.1 Å². The van der Waals surface area contributed by atoms with Crippen LogP contribution in [0.2, 0.25) is 0 Å². The van der Waals surface area contributed by atoms with E-state index in [2.05, 4.69) is 11.8 Å². The molecule has 4 aliphatic heterocycles. The number of anilines is 1. The van der Waals surface area contributed by atoms with Crippen LogP contribution < -0.4 is 4.90 Å². The molecule has 0 amide bonds. The summed E-state index contributed by atoms with van der Waals surface area (Å²) in [4.78, 5) is 3.86. The third kappa shape index (κ3) is 9.34. The Hall–Kier alpha value is -3.45. The van der Waals surface area contributed by atoms with E-state index >= 15 is 0 Å². The van der Waals surface area contributed by atoms with Crippen LogP contribution in [0.25, 0.3) is 10.8 Å². The SMILES string of the molecule is CN(C)c1cccc2c(S(=O)(=O)N3CCN(C(C#Cc4ccccc4)[C@H]4O[C@H](OC[C@H]5O[C@H](O[C@]6(CO)O[C@H](CO)[C@@H](O)[C@@H]6O)[C@H](O)[C@@H](O)[C@@H]5O)[C@H](O)[C@@H](O)[C@H]4O)CC3)cccc12. The fraction of sp³-hybridized carbons (Fsp3) is 0.571. The van der Waals surface area contributed by atoms with E-state index in [1.807, 2.05) is 37.2 Å². The van der Waals surface area contributed by atoms with Gasteiger partial charge in [0, 0.05) is 62.3 Å². The van der Waals surface area contributed by atoms with Gasteiger partial charge in [0.2, 0.25) is 15.8 Å². The molecule has 63 heavy (non-hydrogen) atoms. The molecule has 3 aromatic carbocycles. The summed E-state index contributed by atoms with van der Waals surface area (Å²) in [5.74, 6) is 3.74. The molecule has 7 rings (SSSR count). The smallest absolute Gasteiger partial charge is 0.243 e. The van der Waals surface area contributed by atoms with Crippen LogP contribution in [0.3, 0.4) is 0 Å². The average molecular weight is 906 g/mol. The van der Waals surface area contributed by atoms with E-state index in [1.54, 1.807) is 53.4 Å². The maximum atomic E-state index is 14.2. The zero-order chi connectivity index (χ0) is 45.4. The van der Waals surface area contributed by atoms with Gasteiger partial charge in [-0.2, -0.15) is 4.31 Å². The van der Waals surface area contributed by atoms with E-state index in [0.29, 0.717) is 10.9 Å². The minimum Gasteiger partial charge on any atom is -0.394 e. The number of ether oxygens (including phenoxy) is 5. The van der Waals surface area contributed by atoms with Crippen molar-refractivity contribution in [3.05, 3.63) is 72.3 Å². The Labute approximate surface area is 363 Å². The van der Waals surface area contributed by atoms with E-state index < -0.39 is 121 Å². The molecule has 0 bridgehead atoms. The quantitative estimate of drug-likeness (QED) is 0.0777. The number of hydrogen-bond acceptors (Lipinski definition) is 19. The van der Waals surface area contributed by atoms with E-state index in [1.165, 1.54) is 4.31 Å². The van der Waals surface area contributed by atoms with Crippen LogP contribution >= 0.6 is 0 Å². The maximum absolute atomic E-state index is 14.2. The molecule has 0 spiro atoms. The molecule has 10 N–H and O–H groups in total. The van der Waals surface area contributed by atoms with Crippen molar-refractivity contribution in [2.45, 2.75) is 96.4 Å². The van der Waals surface area contributed by atoms with Gasteiger partial charge in [0.1, 0.15) is 79.8 Å². The maximum Gasteiger partial charge on any atom is 0.243 e. The number of sulfonamides is 1. The van der Waals surface area contributed by atoms with Crippen molar-refractivity contribution in [3.8, 4) is 11.8 Å². The predicted molar refractivity (Wildman–Crippen MR) is 220 cm³/mol. The molecule has 4 heterocycles. The lowest BCUT2D eigenvalue weighted by Gasteiger charge is -2.47. The normalized spacial score (nSPS) is 36.2. The van der Waals surface area contributed by atoms with Crippen molar-refractivity contribution in [1.29, 1.82) is 0 Å². The molecule has 4 saturated heterocycles. The summed E-state index contributed by atoms with van der Waals surface area (Å²) in [6.45, 7) is -2.30. The molecule has 4 fully saturated rings. The lowest BCUT2D eigenvalue weighted by Crippen LogP contribution is -2.66. The van der Waals surface area contributed by atoms with E-state index in [4.69, 9.17) is 23.7 Å². The van der Waals surface area contributed by atoms with Crippen LogP contribution in [0, 0.1) is 11.8 Å². The first-order valence-corrected chi connectivity index (χ1v) is 21.9. The lowest BCUT2D eigenvalue weighted by atomic mass is 9.92. The van der Waals surface area contributed by atoms with Crippen molar-refractivity contribution >= 4 is 26.5 Å². The molecule has 3 aromatic rings. The third-order valence-electron chi connectivity index (χ3n) is 12.0. The summed E-state index contributed by atoms with van der Waals surface area (Å²) >= 11 is 0. The molecule has 346 valence electrons. The Bertz CT molecular complexity index is 2190. The zero-order valence-electron chi connectivity index (χ0n) is 34.5. The summed E-state index contributed by atoms with van der Waals surface area (Å²) in [7, 11) is -0.244. The third-order valence-corrected chi connectivity index (χ3v) is 14.0. The molecule has 0 aromatic heterocycles. The Kier molecular flexibility index (Phi) is 14.8. The van der Waals surface area contributed by atoms with Gasteiger partial charge in [-0.3, -0.25) is 4.90 Å². The van der Waals surface area contributed by atoms with Gasteiger partial charge in [-0.25, -0.2) is 8.42 Å². The van der Waals surface area contributed by atoms with Crippen molar-refractivity contribution in [3.63, 3.8) is 0 Å². The first-order chi connectivity index (χ1) is 30.0. The van der Waals surface area contributed by atoms with Crippen molar-refractivity contribution in [2.75, 3.05) is 65.0 Å². The topological polar surface area (TPSA) is 292 Å². The Morgan fingerprint density at radius 2 is 1.40 bits per heavy atom. The van der Waals surface area contributed by atoms with Crippen molar-refractivity contribution in [1.82, 2.24) is 9.21 Å². The van der Waals surface area contributed by atoms with Gasteiger partial charge in [0.25, 0.3) is 0 Å². The van der Waals surface area contributed by atoms with E-state index in [9.17, 15) is 59.5 Å². The number of fused-ring (bicyclic) bond motifs is 1. The highest BCUT2D eigenvalue weighted by molar-refractivity contribution is 7.89. The summed E-state index contributed by atoms with van der Waals surface area (Å²) in [6, 6.07) is 18.5. The van der Waals surface area contributed by atoms with Crippen molar-refractivity contribution in [2.24, 2.45) is 0 Å². The number of aliphatic hydroxyl groups is 10. The summed E-state index contributed by atoms with van der Waals surface area (Å²) in [5.41, 5.74) is 1.47. The van der Waals surface area contributed by atoms with Gasteiger partial charge >= 0.3 is 0 Å². The van der Waals surface area contributed by atoms with Crippen LogP contribution in [0.15, 0.2) is 71.6 Å². The van der Waals surface area contributed by atoms with Crippen LogP contribution in [0.4, 0.5) is 5.69 Å². The van der Waals surface area contributed by atoms with Gasteiger partial charge in [-0.15, -0.1) is 0 Å². The second-order valence-electron chi connectivity index (χ2n) is 16.2. The largest absolute Gasteiger partial charge is 0.394 e. The Morgan fingerprint density at radius 1 is 0.746 bits per heavy atom. The highest BCUT2D eigenvalue weighted by Gasteiger charge is 2.59. The Morgan fingerprint density at radius 3 is 2.05 bits per heavy atom. The fourth-order valence-electron chi connectivity index (χ4n) is 8.38. The molecule has 1 unspecified atom stereocenters. The molecular weight excluding hydrogens is 851 g/mol. The summed E-state index contributed by atoms with van der Waals surface area (Å²) < 4.78 is 58.4. The average Bonchev–Trinajstić information content (AvgIpc) is 3.53. The summed E-state index contributed by atoms with van der Waals surface area (Å²) in [5, 5.41) is 108. The molecule has 21 heteroatoms. The van der Waals surface area contributed by atoms with Gasteiger partial charge in [-0.05, 0) is 24.3 Å². The number of nitrogens with zero attached hydrogens (tertiary/aromatic N) is 3. The molecule has 15 atom stereocenters. The predicted octanol–water partition coefficient (Wildman–Crippen LogP) is -3.92. The highest BCUT2D eigenvalue weighted by Crippen LogP contribution is 2.37. The first-order valence-electron chi connectivity index (χ1n) is 20.5. The van der Waals surface area contributed by atoms with Gasteiger partial charge in [-0.1, -0.05) is 54.3 Å². The first kappa shape index (κ1) is 47.5. The number of aliphatic hydroxyl groups excluding tert-OH is 10. The van der Waals surface area contributed by atoms with Crippen LogP contribution in [-0.4, -0.2) is 220 Å². The molecule has 4 aliphatic rings.